The minimum Gasteiger partial charge on any atom is -0.336 e. The van der Waals surface area contributed by atoms with Crippen LogP contribution in [-0.4, -0.2) is 56.6 Å². The molecule has 0 aliphatic carbocycles. The van der Waals surface area contributed by atoms with Crippen molar-refractivity contribution < 1.29 is 13.2 Å². The summed E-state index contributed by atoms with van der Waals surface area (Å²) in [5, 5.41) is 0. The first-order valence-corrected chi connectivity index (χ1v) is 13.7. The molecule has 35 heavy (non-hydrogen) atoms. The van der Waals surface area contributed by atoms with E-state index in [1.165, 1.54) is 16.1 Å². The third-order valence-electron chi connectivity index (χ3n) is 6.47. The number of aryl methyl sites for hydroxylation is 2. The second kappa shape index (κ2) is 10.6. The van der Waals surface area contributed by atoms with Gasteiger partial charge in [0.05, 0.1) is 18.5 Å². The Bertz CT molecular complexity index is 1270. The molecule has 1 amide bonds. The molecule has 1 aliphatic rings. The molecule has 6 nitrogen and oxygen atoms in total. The predicted octanol–water partition coefficient (Wildman–Crippen LogP) is 4.23. The van der Waals surface area contributed by atoms with Crippen LogP contribution in [0.15, 0.2) is 72.8 Å². The summed E-state index contributed by atoms with van der Waals surface area (Å²) in [7, 11) is -3.47. The fourth-order valence-corrected chi connectivity index (χ4v) is 5.36. The number of hydrogen-bond donors (Lipinski definition) is 0. The molecule has 7 heteroatoms. The van der Waals surface area contributed by atoms with Gasteiger partial charge >= 0.3 is 0 Å². The van der Waals surface area contributed by atoms with Gasteiger partial charge in [-0.05, 0) is 54.3 Å². The van der Waals surface area contributed by atoms with Crippen molar-refractivity contribution in [1.29, 1.82) is 0 Å². The molecular weight excluding hydrogens is 458 g/mol. The molecule has 1 heterocycles. The number of carbonyl (C=O) groups is 1. The lowest BCUT2D eigenvalue weighted by atomic mass is 10.1. The van der Waals surface area contributed by atoms with Crippen molar-refractivity contribution >= 4 is 21.6 Å². The highest BCUT2D eigenvalue weighted by molar-refractivity contribution is 7.92. The molecule has 0 saturated carbocycles. The lowest BCUT2D eigenvalue weighted by molar-refractivity contribution is 0.0628. The van der Waals surface area contributed by atoms with Crippen LogP contribution in [-0.2, 0) is 23.1 Å². The van der Waals surface area contributed by atoms with Crippen LogP contribution in [0.4, 0.5) is 5.69 Å². The van der Waals surface area contributed by atoms with Crippen LogP contribution in [0.3, 0.4) is 0 Å². The van der Waals surface area contributed by atoms with Gasteiger partial charge in [0.2, 0.25) is 10.0 Å². The molecule has 184 valence electrons. The van der Waals surface area contributed by atoms with Crippen molar-refractivity contribution in [3.63, 3.8) is 0 Å². The first-order valence-electron chi connectivity index (χ1n) is 11.9. The van der Waals surface area contributed by atoms with Gasteiger partial charge in [-0.2, -0.15) is 0 Å². The van der Waals surface area contributed by atoms with Gasteiger partial charge in [-0.25, -0.2) is 8.42 Å². The molecule has 3 aromatic carbocycles. The first-order chi connectivity index (χ1) is 16.7. The molecule has 0 unspecified atom stereocenters. The largest absolute Gasteiger partial charge is 0.336 e. The van der Waals surface area contributed by atoms with Crippen LogP contribution in [0.25, 0.3) is 0 Å². The normalized spacial score (nSPS) is 14.7. The lowest BCUT2D eigenvalue weighted by Gasteiger charge is -2.34. The molecule has 0 atom stereocenters. The van der Waals surface area contributed by atoms with Crippen LogP contribution in [0.2, 0.25) is 0 Å². The van der Waals surface area contributed by atoms with Crippen LogP contribution >= 0.6 is 0 Å². The van der Waals surface area contributed by atoms with Gasteiger partial charge in [0, 0.05) is 38.3 Å². The number of benzene rings is 3. The van der Waals surface area contributed by atoms with E-state index in [0.717, 1.165) is 36.3 Å². The summed E-state index contributed by atoms with van der Waals surface area (Å²) in [4.78, 5) is 17.3. The number of carbonyl (C=O) groups excluding carboxylic acids is 1. The average molecular weight is 492 g/mol. The third-order valence-corrected chi connectivity index (χ3v) is 7.60. The zero-order valence-corrected chi connectivity index (χ0v) is 21.5. The standard InChI is InChI=1S/C28H33N3O3S/c1-22-9-10-23(2)27(19-22)31(35(3,33)34)21-25-11-13-26(14-12-25)28(32)30-17-15-29(16-18-30)20-24-7-5-4-6-8-24/h4-14,19H,15-18,20-21H2,1-3H3. The summed E-state index contributed by atoms with van der Waals surface area (Å²) < 4.78 is 26.6. The van der Waals surface area contributed by atoms with E-state index in [4.69, 9.17) is 0 Å². The first kappa shape index (κ1) is 24.9. The van der Waals surface area contributed by atoms with Crippen LogP contribution < -0.4 is 4.31 Å². The van der Waals surface area contributed by atoms with Gasteiger partial charge in [0.1, 0.15) is 0 Å². The fraction of sp³-hybridized carbons (Fsp3) is 0.321. The molecule has 1 aliphatic heterocycles. The molecule has 0 radical (unpaired) electrons. The van der Waals surface area contributed by atoms with Crippen LogP contribution in [0.1, 0.15) is 32.6 Å². The van der Waals surface area contributed by atoms with E-state index in [0.29, 0.717) is 24.3 Å². The quantitative estimate of drug-likeness (QED) is 0.496. The van der Waals surface area contributed by atoms with Gasteiger partial charge in [-0.15, -0.1) is 0 Å². The molecule has 0 N–H and O–H groups in total. The van der Waals surface area contributed by atoms with Crippen LogP contribution in [0, 0.1) is 13.8 Å². The van der Waals surface area contributed by atoms with Crippen molar-refractivity contribution in [2.75, 3.05) is 36.7 Å². The van der Waals surface area contributed by atoms with E-state index in [-0.39, 0.29) is 12.5 Å². The second-order valence-electron chi connectivity index (χ2n) is 9.31. The molecule has 4 rings (SSSR count). The van der Waals surface area contributed by atoms with Gasteiger partial charge in [0.15, 0.2) is 0 Å². The van der Waals surface area contributed by atoms with E-state index in [9.17, 15) is 13.2 Å². The molecule has 3 aromatic rings. The smallest absolute Gasteiger partial charge is 0.253 e. The lowest BCUT2D eigenvalue weighted by Crippen LogP contribution is -2.48. The van der Waals surface area contributed by atoms with Crippen molar-refractivity contribution in [2.45, 2.75) is 26.9 Å². The monoisotopic (exact) mass is 491 g/mol. The van der Waals surface area contributed by atoms with Crippen molar-refractivity contribution in [2.24, 2.45) is 0 Å². The van der Waals surface area contributed by atoms with Gasteiger partial charge < -0.3 is 4.90 Å². The van der Waals surface area contributed by atoms with E-state index >= 15 is 0 Å². The minimum atomic E-state index is -3.47. The van der Waals surface area contributed by atoms with E-state index in [2.05, 4.69) is 29.2 Å². The third kappa shape index (κ3) is 6.29. The fourth-order valence-electron chi connectivity index (χ4n) is 4.42. The Kier molecular flexibility index (Phi) is 7.57. The summed E-state index contributed by atoms with van der Waals surface area (Å²) in [6.07, 6.45) is 1.23. The number of nitrogens with zero attached hydrogens (tertiary/aromatic N) is 3. The Balaban J connectivity index is 1.40. The summed E-state index contributed by atoms with van der Waals surface area (Å²) in [5.74, 6) is 0.0189. The van der Waals surface area contributed by atoms with Crippen molar-refractivity contribution in [1.82, 2.24) is 9.80 Å². The average Bonchev–Trinajstić information content (AvgIpc) is 2.84. The van der Waals surface area contributed by atoms with Crippen molar-refractivity contribution in [3.05, 3.63) is 101 Å². The highest BCUT2D eigenvalue weighted by Gasteiger charge is 2.23. The van der Waals surface area contributed by atoms with Crippen molar-refractivity contribution in [3.8, 4) is 0 Å². The molecule has 0 aromatic heterocycles. The number of hydrogen-bond acceptors (Lipinski definition) is 4. The highest BCUT2D eigenvalue weighted by atomic mass is 32.2. The second-order valence-corrected chi connectivity index (χ2v) is 11.2. The summed E-state index contributed by atoms with van der Waals surface area (Å²) in [5.41, 5.74) is 5.33. The Hall–Kier alpha value is -3.16. The number of piperazine rings is 1. The number of anilines is 1. The minimum absolute atomic E-state index is 0.0189. The maximum Gasteiger partial charge on any atom is 0.253 e. The SMILES string of the molecule is Cc1ccc(C)c(N(Cc2ccc(C(=O)N3CCN(Cc4ccccc4)CC3)cc2)S(C)(=O)=O)c1. The van der Waals surface area contributed by atoms with E-state index < -0.39 is 10.0 Å². The molecule has 0 bridgehead atoms. The van der Waals surface area contributed by atoms with Gasteiger partial charge in [0.25, 0.3) is 5.91 Å². The number of amides is 1. The summed E-state index contributed by atoms with van der Waals surface area (Å²) >= 11 is 0. The topological polar surface area (TPSA) is 60.9 Å². The van der Waals surface area contributed by atoms with Gasteiger partial charge in [-0.3, -0.25) is 14.0 Å². The Morgan fingerprint density at radius 3 is 2.14 bits per heavy atom. The van der Waals surface area contributed by atoms with Crippen LogP contribution in [0.5, 0.6) is 0 Å². The number of sulfonamides is 1. The predicted molar refractivity (Wildman–Crippen MR) is 141 cm³/mol. The molecule has 1 saturated heterocycles. The molecule has 1 fully saturated rings. The Labute approximate surface area is 208 Å². The Morgan fingerprint density at radius 1 is 0.857 bits per heavy atom. The molecule has 0 spiro atoms. The summed E-state index contributed by atoms with van der Waals surface area (Å²) in [6, 6.07) is 23.5. The highest BCUT2D eigenvalue weighted by Crippen LogP contribution is 2.26. The number of rotatable bonds is 7. The maximum absolute atomic E-state index is 13.1. The maximum atomic E-state index is 13.1. The molecular formula is C28H33N3O3S. The Morgan fingerprint density at radius 2 is 1.51 bits per heavy atom. The van der Waals surface area contributed by atoms with E-state index in [1.807, 2.05) is 55.1 Å². The zero-order chi connectivity index (χ0) is 25.0. The summed E-state index contributed by atoms with van der Waals surface area (Å²) in [6.45, 7) is 8.06. The van der Waals surface area contributed by atoms with E-state index in [1.54, 1.807) is 12.1 Å². The van der Waals surface area contributed by atoms with Gasteiger partial charge in [-0.1, -0.05) is 54.6 Å². The zero-order valence-electron chi connectivity index (χ0n) is 20.6.